The summed E-state index contributed by atoms with van der Waals surface area (Å²) in [5.74, 6) is 0.170. The number of hydrogen-bond acceptors (Lipinski definition) is 8. The van der Waals surface area contributed by atoms with E-state index in [4.69, 9.17) is 8.37 Å². The summed E-state index contributed by atoms with van der Waals surface area (Å²) >= 11 is 0. The molecule has 33 heavy (non-hydrogen) atoms. The van der Waals surface area contributed by atoms with E-state index in [1.54, 1.807) is 24.3 Å². The molecule has 0 aliphatic rings. The van der Waals surface area contributed by atoms with Gasteiger partial charge in [0.15, 0.2) is 0 Å². The molecule has 0 aromatic heterocycles. The molecule has 4 aromatic rings. The van der Waals surface area contributed by atoms with Gasteiger partial charge in [0, 0.05) is 0 Å². The number of rotatable bonds is 8. The van der Waals surface area contributed by atoms with Gasteiger partial charge in [0.25, 0.3) is 0 Å². The van der Waals surface area contributed by atoms with Crippen LogP contribution in [0, 0.1) is 0 Å². The second-order valence-corrected chi connectivity index (χ2v) is 7.78. The smallest absolute Gasteiger partial charge is 0.353 e. The van der Waals surface area contributed by atoms with Crippen molar-refractivity contribution in [2.24, 2.45) is 20.5 Å². The van der Waals surface area contributed by atoms with Crippen LogP contribution in [-0.2, 0) is 10.4 Å². The molecule has 4 aromatic carbocycles. The van der Waals surface area contributed by atoms with Gasteiger partial charge < -0.3 is 8.37 Å². The molecule has 164 valence electrons. The first-order valence-electron chi connectivity index (χ1n) is 9.83. The Hall–Kier alpha value is -4.37. The maximum Gasteiger partial charge on any atom is 0.500 e. The number of nitrogens with zero attached hydrogens (tertiary/aromatic N) is 4. The van der Waals surface area contributed by atoms with Crippen LogP contribution in [0.2, 0.25) is 0 Å². The van der Waals surface area contributed by atoms with Crippen molar-refractivity contribution in [3.05, 3.63) is 109 Å². The average Bonchev–Trinajstić information content (AvgIpc) is 2.84. The molecule has 0 saturated carbocycles. The van der Waals surface area contributed by atoms with Crippen LogP contribution in [0.5, 0.6) is 11.5 Å². The summed E-state index contributed by atoms with van der Waals surface area (Å²) in [6.07, 6.45) is 0. The molecule has 0 spiro atoms. The average molecular weight is 458 g/mol. The fourth-order valence-corrected chi connectivity index (χ4v) is 3.34. The number of azo groups is 2. The van der Waals surface area contributed by atoms with Crippen molar-refractivity contribution in [2.45, 2.75) is 0 Å². The van der Waals surface area contributed by atoms with Crippen LogP contribution in [0.15, 0.2) is 130 Å². The van der Waals surface area contributed by atoms with E-state index in [0.717, 1.165) is 0 Å². The molecular formula is C24H18N4O4S. The molecule has 9 heteroatoms. The molecule has 0 saturated heterocycles. The van der Waals surface area contributed by atoms with Gasteiger partial charge in [-0.2, -0.15) is 20.5 Å². The fourth-order valence-electron chi connectivity index (χ4n) is 2.61. The minimum absolute atomic E-state index is 0.0851. The lowest BCUT2D eigenvalue weighted by Crippen LogP contribution is -2.16. The molecular weight excluding hydrogens is 440 g/mol. The summed E-state index contributed by atoms with van der Waals surface area (Å²) < 4.78 is 34.5. The normalized spacial score (nSPS) is 11.6. The Kier molecular flexibility index (Phi) is 6.81. The van der Waals surface area contributed by atoms with Crippen molar-refractivity contribution >= 4 is 33.1 Å². The molecule has 0 atom stereocenters. The van der Waals surface area contributed by atoms with Crippen LogP contribution in [0.3, 0.4) is 0 Å². The first kappa shape index (κ1) is 21.8. The Bertz CT molecular complexity index is 1240. The molecule has 0 radical (unpaired) electrons. The van der Waals surface area contributed by atoms with E-state index in [2.05, 4.69) is 20.5 Å². The predicted molar refractivity (Wildman–Crippen MR) is 124 cm³/mol. The highest BCUT2D eigenvalue weighted by Crippen LogP contribution is 2.25. The van der Waals surface area contributed by atoms with Gasteiger partial charge in [0.2, 0.25) is 0 Å². The Labute approximate surface area is 191 Å². The highest BCUT2D eigenvalue weighted by molar-refractivity contribution is 7.82. The molecule has 0 fully saturated rings. The van der Waals surface area contributed by atoms with Crippen LogP contribution in [0.25, 0.3) is 0 Å². The number of hydrogen-bond donors (Lipinski definition) is 0. The van der Waals surface area contributed by atoms with Gasteiger partial charge in [-0.3, -0.25) is 0 Å². The molecule has 0 aliphatic heterocycles. The monoisotopic (exact) mass is 458 g/mol. The lowest BCUT2D eigenvalue weighted by molar-refractivity contribution is 0.392. The van der Waals surface area contributed by atoms with Crippen molar-refractivity contribution in [1.29, 1.82) is 0 Å². The van der Waals surface area contributed by atoms with Crippen LogP contribution in [0.4, 0.5) is 22.7 Å². The number of benzene rings is 4. The van der Waals surface area contributed by atoms with Crippen molar-refractivity contribution in [3.8, 4) is 11.5 Å². The van der Waals surface area contributed by atoms with E-state index in [1.807, 2.05) is 60.7 Å². The van der Waals surface area contributed by atoms with Crippen LogP contribution < -0.4 is 8.37 Å². The molecule has 4 rings (SSSR count). The Balaban J connectivity index is 1.35. The van der Waals surface area contributed by atoms with Crippen molar-refractivity contribution in [2.75, 3.05) is 0 Å². The lowest BCUT2D eigenvalue weighted by Gasteiger charge is -2.08. The zero-order chi connectivity index (χ0) is 22.9. The Morgan fingerprint density at radius 2 is 0.727 bits per heavy atom. The van der Waals surface area contributed by atoms with Gasteiger partial charge in [-0.15, -0.1) is 8.42 Å². The maximum atomic E-state index is 12.2. The summed E-state index contributed by atoms with van der Waals surface area (Å²) in [5.41, 5.74) is 2.51. The van der Waals surface area contributed by atoms with E-state index in [1.165, 1.54) is 24.3 Å². The molecule has 0 unspecified atom stereocenters. The topological polar surface area (TPSA) is 102 Å². The summed E-state index contributed by atoms with van der Waals surface area (Å²) in [7, 11) is -4.33. The molecule has 0 heterocycles. The van der Waals surface area contributed by atoms with Gasteiger partial charge in [-0.1, -0.05) is 36.4 Å². The van der Waals surface area contributed by atoms with Crippen molar-refractivity contribution in [1.82, 2.24) is 0 Å². The second kappa shape index (κ2) is 10.3. The molecule has 0 amide bonds. The highest BCUT2D eigenvalue weighted by atomic mass is 32.3. The minimum Gasteiger partial charge on any atom is -0.353 e. The van der Waals surface area contributed by atoms with Crippen LogP contribution >= 0.6 is 0 Å². The first-order chi connectivity index (χ1) is 16.1. The third-order valence-corrected chi connectivity index (χ3v) is 4.94. The molecule has 0 N–H and O–H groups in total. The van der Waals surface area contributed by atoms with Crippen molar-refractivity contribution in [3.63, 3.8) is 0 Å². The van der Waals surface area contributed by atoms with E-state index >= 15 is 0 Å². The van der Waals surface area contributed by atoms with E-state index < -0.39 is 10.4 Å². The summed E-state index contributed by atoms with van der Waals surface area (Å²) in [6.45, 7) is 0. The Morgan fingerprint density at radius 1 is 0.424 bits per heavy atom. The molecule has 0 bridgehead atoms. The van der Waals surface area contributed by atoms with E-state index in [9.17, 15) is 8.42 Å². The summed E-state index contributed by atoms with van der Waals surface area (Å²) in [6, 6.07) is 30.7. The van der Waals surface area contributed by atoms with E-state index in [-0.39, 0.29) is 11.5 Å². The standard InChI is InChI=1S/C24H18N4O4S/c29-33(30,31-23-15-11-21(12-16-23)27-25-19-7-3-1-4-8-19)32-24-17-13-22(14-18-24)28-26-20-9-5-2-6-10-20/h1-18H. The quantitative estimate of drug-likeness (QED) is 0.260. The van der Waals surface area contributed by atoms with Gasteiger partial charge >= 0.3 is 10.4 Å². The zero-order valence-electron chi connectivity index (χ0n) is 17.2. The first-order valence-corrected chi connectivity index (χ1v) is 11.2. The van der Waals surface area contributed by atoms with E-state index in [0.29, 0.717) is 22.7 Å². The van der Waals surface area contributed by atoms with Gasteiger partial charge in [0.1, 0.15) is 11.5 Å². The highest BCUT2D eigenvalue weighted by Gasteiger charge is 2.15. The van der Waals surface area contributed by atoms with Crippen LogP contribution in [0.1, 0.15) is 0 Å². The largest absolute Gasteiger partial charge is 0.500 e. The minimum atomic E-state index is -4.33. The van der Waals surface area contributed by atoms with Gasteiger partial charge in [0.05, 0.1) is 22.7 Å². The third kappa shape index (κ3) is 6.81. The predicted octanol–water partition coefficient (Wildman–Crippen LogP) is 7.22. The van der Waals surface area contributed by atoms with Gasteiger partial charge in [-0.05, 0) is 72.8 Å². The molecule has 8 nitrogen and oxygen atoms in total. The molecule has 0 aliphatic carbocycles. The third-order valence-electron chi connectivity index (χ3n) is 4.14. The summed E-state index contributed by atoms with van der Waals surface area (Å²) in [4.78, 5) is 0. The SMILES string of the molecule is O=S(=O)(Oc1ccc(N=Nc2ccccc2)cc1)Oc1ccc(N=Nc2ccccc2)cc1. The lowest BCUT2D eigenvalue weighted by atomic mass is 10.3. The summed E-state index contributed by atoms with van der Waals surface area (Å²) in [5, 5.41) is 16.4. The van der Waals surface area contributed by atoms with Gasteiger partial charge in [-0.25, -0.2) is 0 Å². The maximum absolute atomic E-state index is 12.2. The second-order valence-electron chi connectivity index (χ2n) is 6.63. The Morgan fingerprint density at radius 3 is 1.06 bits per heavy atom. The van der Waals surface area contributed by atoms with Crippen molar-refractivity contribution < 1.29 is 16.8 Å². The van der Waals surface area contributed by atoms with Crippen LogP contribution in [-0.4, -0.2) is 8.42 Å². The fraction of sp³-hybridized carbons (Fsp3) is 0. The zero-order valence-corrected chi connectivity index (χ0v) is 18.0.